The van der Waals surface area contributed by atoms with Crippen molar-refractivity contribution in [3.8, 4) is 5.75 Å². The van der Waals surface area contributed by atoms with Crippen LogP contribution in [0.4, 0.5) is 0 Å². The van der Waals surface area contributed by atoms with Gasteiger partial charge in [-0.1, -0.05) is 17.3 Å². The molecule has 0 bridgehead atoms. The summed E-state index contributed by atoms with van der Waals surface area (Å²) in [7, 11) is 1.93. The first-order valence-electron chi connectivity index (χ1n) is 5.45. The van der Waals surface area contributed by atoms with Gasteiger partial charge in [-0.15, -0.1) is 0 Å². The van der Waals surface area contributed by atoms with E-state index in [2.05, 4.69) is 33.0 Å². The van der Waals surface area contributed by atoms with Crippen molar-refractivity contribution in [1.82, 2.24) is 15.5 Å². The minimum atomic E-state index is 0.295. The number of hydrogen-bond donors (Lipinski definition) is 1. The lowest BCUT2D eigenvalue weighted by Gasteiger charge is -2.12. The standard InChI is InChI=1S/C12H15N3O2/c1-9(13-2)10-4-3-5-11(6-10)16-7-12-14-8-17-15-12/h3-6,8-9,13H,7H2,1-2H3. The molecule has 0 saturated carbocycles. The van der Waals surface area contributed by atoms with E-state index in [1.165, 1.54) is 12.0 Å². The van der Waals surface area contributed by atoms with Crippen molar-refractivity contribution in [3.05, 3.63) is 42.0 Å². The van der Waals surface area contributed by atoms with E-state index < -0.39 is 0 Å². The zero-order valence-corrected chi connectivity index (χ0v) is 9.88. The Morgan fingerprint density at radius 2 is 2.35 bits per heavy atom. The van der Waals surface area contributed by atoms with Gasteiger partial charge in [0.15, 0.2) is 6.61 Å². The molecule has 2 rings (SSSR count). The number of ether oxygens (including phenoxy) is 1. The van der Waals surface area contributed by atoms with Crippen LogP contribution in [0, 0.1) is 0 Å². The quantitative estimate of drug-likeness (QED) is 0.855. The molecule has 1 unspecified atom stereocenters. The highest BCUT2D eigenvalue weighted by atomic mass is 16.5. The maximum Gasteiger partial charge on any atom is 0.213 e. The summed E-state index contributed by atoms with van der Waals surface area (Å²) in [6.07, 6.45) is 1.29. The Balaban J connectivity index is 2.01. The van der Waals surface area contributed by atoms with Crippen LogP contribution in [0.15, 0.2) is 35.2 Å². The molecule has 17 heavy (non-hydrogen) atoms. The Morgan fingerprint density at radius 1 is 1.47 bits per heavy atom. The second-order valence-electron chi connectivity index (χ2n) is 3.72. The predicted molar refractivity (Wildman–Crippen MR) is 62.5 cm³/mol. The number of hydrogen-bond acceptors (Lipinski definition) is 5. The van der Waals surface area contributed by atoms with Gasteiger partial charge in [0, 0.05) is 6.04 Å². The maximum absolute atomic E-state index is 5.57. The summed E-state index contributed by atoms with van der Waals surface area (Å²) in [5.41, 5.74) is 1.18. The molecular weight excluding hydrogens is 218 g/mol. The lowest BCUT2D eigenvalue weighted by Crippen LogP contribution is -2.12. The maximum atomic E-state index is 5.57. The summed E-state index contributed by atoms with van der Waals surface area (Å²) in [4.78, 5) is 3.89. The summed E-state index contributed by atoms with van der Waals surface area (Å²) >= 11 is 0. The lowest BCUT2D eigenvalue weighted by molar-refractivity contribution is 0.286. The van der Waals surface area contributed by atoms with Crippen LogP contribution in [-0.4, -0.2) is 17.2 Å². The normalized spacial score (nSPS) is 12.4. The number of nitrogens with zero attached hydrogens (tertiary/aromatic N) is 2. The van der Waals surface area contributed by atoms with Crippen LogP contribution in [0.1, 0.15) is 24.4 Å². The summed E-state index contributed by atoms with van der Waals surface area (Å²) in [5, 5.41) is 6.86. The molecule has 0 aliphatic rings. The van der Waals surface area contributed by atoms with Crippen molar-refractivity contribution < 1.29 is 9.26 Å². The first-order valence-corrected chi connectivity index (χ1v) is 5.45. The molecule has 0 radical (unpaired) electrons. The monoisotopic (exact) mass is 233 g/mol. The van der Waals surface area contributed by atoms with E-state index in [1.54, 1.807) is 0 Å². The smallest absolute Gasteiger partial charge is 0.213 e. The largest absolute Gasteiger partial charge is 0.485 e. The minimum absolute atomic E-state index is 0.295. The summed E-state index contributed by atoms with van der Waals surface area (Å²) in [6.45, 7) is 2.41. The fourth-order valence-corrected chi connectivity index (χ4v) is 1.44. The molecule has 0 saturated heterocycles. The van der Waals surface area contributed by atoms with Gasteiger partial charge in [0.25, 0.3) is 0 Å². The Hall–Kier alpha value is -1.88. The molecule has 2 aromatic rings. The first kappa shape index (κ1) is 11.6. The van der Waals surface area contributed by atoms with Crippen LogP contribution in [0.2, 0.25) is 0 Å². The summed E-state index contributed by atoms with van der Waals surface area (Å²) in [5.74, 6) is 1.34. The van der Waals surface area contributed by atoms with Crippen LogP contribution in [-0.2, 0) is 6.61 Å². The highest BCUT2D eigenvalue weighted by Gasteiger charge is 2.04. The van der Waals surface area contributed by atoms with Gasteiger partial charge in [-0.25, -0.2) is 0 Å². The molecular formula is C12H15N3O2. The molecule has 0 fully saturated rings. The highest BCUT2D eigenvalue weighted by Crippen LogP contribution is 2.19. The van der Waals surface area contributed by atoms with E-state index in [-0.39, 0.29) is 0 Å². The molecule has 1 N–H and O–H groups in total. The molecule has 1 atom stereocenters. The molecule has 0 aliphatic heterocycles. The summed E-state index contributed by atoms with van der Waals surface area (Å²) < 4.78 is 10.2. The Bertz CT molecular complexity index is 457. The predicted octanol–water partition coefficient (Wildman–Crippen LogP) is 1.93. The third kappa shape index (κ3) is 3.04. The zero-order valence-electron chi connectivity index (χ0n) is 9.88. The van der Waals surface area contributed by atoms with E-state index in [9.17, 15) is 0 Å². The van der Waals surface area contributed by atoms with E-state index in [0.717, 1.165) is 5.75 Å². The first-order chi connectivity index (χ1) is 8.29. The molecule has 1 aromatic carbocycles. The molecule has 0 aliphatic carbocycles. The van der Waals surface area contributed by atoms with Crippen LogP contribution >= 0.6 is 0 Å². The SMILES string of the molecule is CNC(C)c1cccc(OCc2ncon2)c1. The molecule has 5 nitrogen and oxygen atoms in total. The number of rotatable bonds is 5. The van der Waals surface area contributed by atoms with E-state index >= 15 is 0 Å². The van der Waals surface area contributed by atoms with Crippen molar-refractivity contribution >= 4 is 0 Å². The highest BCUT2D eigenvalue weighted by molar-refractivity contribution is 5.30. The van der Waals surface area contributed by atoms with Crippen LogP contribution < -0.4 is 10.1 Å². The Kier molecular flexibility index (Phi) is 3.72. The van der Waals surface area contributed by atoms with Crippen molar-refractivity contribution in [2.75, 3.05) is 7.05 Å². The van der Waals surface area contributed by atoms with Crippen molar-refractivity contribution in [3.63, 3.8) is 0 Å². The Morgan fingerprint density at radius 3 is 3.06 bits per heavy atom. The van der Waals surface area contributed by atoms with Crippen molar-refractivity contribution in [2.45, 2.75) is 19.6 Å². The third-order valence-corrected chi connectivity index (χ3v) is 2.57. The fourth-order valence-electron chi connectivity index (χ4n) is 1.44. The van der Waals surface area contributed by atoms with Crippen LogP contribution in [0.5, 0.6) is 5.75 Å². The van der Waals surface area contributed by atoms with E-state index in [4.69, 9.17) is 4.74 Å². The molecule has 90 valence electrons. The van der Waals surface area contributed by atoms with Gasteiger partial charge in [0.1, 0.15) is 5.75 Å². The molecule has 5 heteroatoms. The molecule has 1 heterocycles. The fraction of sp³-hybridized carbons (Fsp3) is 0.333. The molecule has 1 aromatic heterocycles. The second kappa shape index (κ2) is 5.45. The number of benzene rings is 1. The number of nitrogens with one attached hydrogen (secondary N) is 1. The second-order valence-corrected chi connectivity index (χ2v) is 3.72. The Labute approximate surface area is 99.8 Å². The van der Waals surface area contributed by atoms with E-state index in [1.807, 2.05) is 25.2 Å². The van der Waals surface area contributed by atoms with Gasteiger partial charge in [0.05, 0.1) is 0 Å². The average molecular weight is 233 g/mol. The lowest BCUT2D eigenvalue weighted by atomic mass is 10.1. The molecule has 0 spiro atoms. The van der Waals surface area contributed by atoms with Crippen molar-refractivity contribution in [2.24, 2.45) is 0 Å². The summed E-state index contributed by atoms with van der Waals surface area (Å²) in [6, 6.07) is 8.23. The van der Waals surface area contributed by atoms with Crippen LogP contribution in [0.3, 0.4) is 0 Å². The van der Waals surface area contributed by atoms with Crippen molar-refractivity contribution in [1.29, 1.82) is 0 Å². The van der Waals surface area contributed by atoms with E-state index in [0.29, 0.717) is 18.5 Å². The van der Waals surface area contributed by atoms with Gasteiger partial charge in [-0.05, 0) is 31.7 Å². The van der Waals surface area contributed by atoms with Gasteiger partial charge in [-0.2, -0.15) is 4.98 Å². The third-order valence-electron chi connectivity index (χ3n) is 2.57. The van der Waals surface area contributed by atoms with Gasteiger partial charge in [0.2, 0.25) is 12.2 Å². The number of aromatic nitrogens is 2. The minimum Gasteiger partial charge on any atom is -0.485 e. The topological polar surface area (TPSA) is 60.2 Å². The van der Waals surface area contributed by atoms with Gasteiger partial charge in [-0.3, -0.25) is 0 Å². The average Bonchev–Trinajstić information content (AvgIpc) is 2.89. The molecule has 0 amide bonds. The zero-order chi connectivity index (χ0) is 12.1. The van der Waals surface area contributed by atoms with Crippen LogP contribution in [0.25, 0.3) is 0 Å². The van der Waals surface area contributed by atoms with Gasteiger partial charge < -0.3 is 14.6 Å². The van der Waals surface area contributed by atoms with Gasteiger partial charge >= 0.3 is 0 Å².